The summed E-state index contributed by atoms with van der Waals surface area (Å²) in [5.74, 6) is 0. The van der Waals surface area contributed by atoms with Gasteiger partial charge in [0, 0.05) is 24.5 Å². The van der Waals surface area contributed by atoms with Crippen molar-refractivity contribution in [1.29, 1.82) is 0 Å². The van der Waals surface area contributed by atoms with Crippen molar-refractivity contribution in [2.24, 2.45) is 0 Å². The molecule has 1 aromatic heterocycles. The third-order valence-electron chi connectivity index (χ3n) is 1.85. The molecule has 0 amide bonds. The van der Waals surface area contributed by atoms with Crippen LogP contribution in [0.25, 0.3) is 0 Å². The van der Waals surface area contributed by atoms with E-state index in [0.29, 0.717) is 0 Å². The fourth-order valence-corrected chi connectivity index (χ4v) is 1.04. The molecular weight excluding hydrogens is 168 g/mol. The molecule has 4 nitrogen and oxygen atoms in total. The third kappa shape index (κ3) is 2.48. The molecule has 1 aromatic rings. The van der Waals surface area contributed by atoms with E-state index in [-0.39, 0.29) is 0 Å². The number of aromatic nitrogens is 1. The number of hydroxylamine groups is 2. The summed E-state index contributed by atoms with van der Waals surface area (Å²) in [6, 6.07) is 3.58. The van der Waals surface area contributed by atoms with Crippen molar-refractivity contribution in [3.05, 3.63) is 29.6 Å². The van der Waals surface area contributed by atoms with Gasteiger partial charge in [-0.15, -0.1) is 0 Å². The van der Waals surface area contributed by atoms with Crippen LogP contribution in [0.4, 0.5) is 0 Å². The number of aliphatic hydroxyl groups excluding tert-OH is 1. The largest absolute Gasteiger partial charge is 0.372 e. The summed E-state index contributed by atoms with van der Waals surface area (Å²) in [4.78, 5) is 8.91. The van der Waals surface area contributed by atoms with Crippen LogP contribution in [0.15, 0.2) is 18.3 Å². The molecule has 72 valence electrons. The summed E-state index contributed by atoms with van der Waals surface area (Å²) < 4.78 is 0. The zero-order chi connectivity index (χ0) is 9.84. The molecule has 0 saturated heterocycles. The van der Waals surface area contributed by atoms with Crippen LogP contribution in [-0.2, 0) is 4.84 Å². The highest BCUT2D eigenvalue weighted by molar-refractivity contribution is 5.17. The van der Waals surface area contributed by atoms with Crippen LogP contribution in [0.5, 0.6) is 0 Å². The number of hydrogen-bond donors (Lipinski definition) is 1. The molecule has 0 fully saturated rings. The van der Waals surface area contributed by atoms with Crippen LogP contribution in [0.3, 0.4) is 0 Å². The van der Waals surface area contributed by atoms with Gasteiger partial charge in [0.1, 0.15) is 0 Å². The van der Waals surface area contributed by atoms with Gasteiger partial charge in [0.05, 0.1) is 7.11 Å². The molecule has 13 heavy (non-hydrogen) atoms. The molecule has 0 spiro atoms. The Labute approximate surface area is 77.7 Å². The fraction of sp³-hybridized carbons (Fsp3) is 0.444. The van der Waals surface area contributed by atoms with E-state index in [9.17, 15) is 5.11 Å². The van der Waals surface area contributed by atoms with Crippen LogP contribution >= 0.6 is 0 Å². The summed E-state index contributed by atoms with van der Waals surface area (Å²) in [7, 11) is 3.18. The lowest BCUT2D eigenvalue weighted by Crippen LogP contribution is -2.23. The number of nitrogens with zero attached hydrogens (tertiary/aromatic N) is 2. The Morgan fingerprint density at radius 2 is 2.31 bits per heavy atom. The maximum absolute atomic E-state index is 9.69. The molecule has 1 unspecified atom stereocenters. The Bertz CT molecular complexity index is 278. The van der Waals surface area contributed by atoms with Gasteiger partial charge in [-0.25, -0.2) is 0 Å². The molecule has 1 atom stereocenters. The van der Waals surface area contributed by atoms with Crippen molar-refractivity contribution < 1.29 is 9.94 Å². The molecule has 0 aromatic carbocycles. The third-order valence-corrected chi connectivity index (χ3v) is 1.85. The number of aryl methyl sites for hydroxylation is 1. The van der Waals surface area contributed by atoms with Gasteiger partial charge < -0.3 is 5.11 Å². The standard InChI is InChI=1S/C9H14N2O2/c1-7-6-8(4-5-10-7)9(12)11(2)13-3/h4-6,9,12H,1-3H3. The first-order valence-electron chi connectivity index (χ1n) is 4.02. The van der Waals surface area contributed by atoms with Crippen molar-refractivity contribution in [1.82, 2.24) is 10.0 Å². The average molecular weight is 182 g/mol. The topological polar surface area (TPSA) is 45.6 Å². The highest BCUT2D eigenvalue weighted by atomic mass is 16.7. The van der Waals surface area contributed by atoms with E-state index >= 15 is 0 Å². The quantitative estimate of drug-likeness (QED) is 0.556. The summed E-state index contributed by atoms with van der Waals surface area (Å²) in [6.45, 7) is 1.88. The van der Waals surface area contributed by atoms with Gasteiger partial charge >= 0.3 is 0 Å². The Kier molecular flexibility index (Phi) is 3.36. The summed E-state index contributed by atoms with van der Waals surface area (Å²) >= 11 is 0. The second-order valence-corrected chi connectivity index (χ2v) is 2.83. The van der Waals surface area contributed by atoms with Crippen LogP contribution in [0, 0.1) is 6.92 Å². The molecule has 0 saturated carbocycles. The molecule has 1 rings (SSSR count). The van der Waals surface area contributed by atoms with Gasteiger partial charge in [0.25, 0.3) is 0 Å². The minimum atomic E-state index is -0.744. The minimum Gasteiger partial charge on any atom is -0.372 e. The zero-order valence-electron chi connectivity index (χ0n) is 8.06. The number of aliphatic hydroxyl groups is 1. The number of hydrogen-bond acceptors (Lipinski definition) is 4. The van der Waals surface area contributed by atoms with Crippen LogP contribution in [0.1, 0.15) is 17.5 Å². The molecular formula is C9H14N2O2. The Balaban J connectivity index is 2.82. The van der Waals surface area contributed by atoms with Crippen molar-refractivity contribution in [3.8, 4) is 0 Å². The van der Waals surface area contributed by atoms with Gasteiger partial charge in [-0.3, -0.25) is 9.82 Å². The first kappa shape index (κ1) is 10.1. The second-order valence-electron chi connectivity index (χ2n) is 2.83. The predicted molar refractivity (Wildman–Crippen MR) is 48.7 cm³/mol. The Morgan fingerprint density at radius 1 is 1.62 bits per heavy atom. The van der Waals surface area contributed by atoms with Crippen LogP contribution in [0.2, 0.25) is 0 Å². The van der Waals surface area contributed by atoms with Crippen molar-refractivity contribution >= 4 is 0 Å². The lowest BCUT2D eigenvalue weighted by molar-refractivity contribution is -0.206. The Hall–Kier alpha value is -0.970. The number of rotatable bonds is 3. The van der Waals surface area contributed by atoms with Gasteiger partial charge in [-0.2, -0.15) is 5.06 Å². The molecule has 0 aliphatic rings. The molecule has 0 bridgehead atoms. The van der Waals surface area contributed by atoms with Crippen LogP contribution < -0.4 is 0 Å². The van der Waals surface area contributed by atoms with E-state index in [0.717, 1.165) is 11.3 Å². The van der Waals surface area contributed by atoms with Gasteiger partial charge in [-0.1, -0.05) is 0 Å². The maximum Gasteiger partial charge on any atom is 0.155 e. The lowest BCUT2D eigenvalue weighted by atomic mass is 10.2. The van der Waals surface area contributed by atoms with Crippen molar-refractivity contribution in [2.45, 2.75) is 13.2 Å². The molecule has 4 heteroatoms. The van der Waals surface area contributed by atoms with E-state index in [4.69, 9.17) is 4.84 Å². The average Bonchev–Trinajstić information content (AvgIpc) is 2.15. The molecule has 1 heterocycles. The summed E-state index contributed by atoms with van der Waals surface area (Å²) in [6.07, 6.45) is 0.920. The second kappa shape index (κ2) is 4.32. The SMILES string of the molecule is CON(C)C(O)c1ccnc(C)c1. The summed E-state index contributed by atoms with van der Waals surface area (Å²) in [5.41, 5.74) is 1.65. The molecule has 1 N–H and O–H groups in total. The highest BCUT2D eigenvalue weighted by Gasteiger charge is 2.12. The summed E-state index contributed by atoms with van der Waals surface area (Å²) in [5, 5.41) is 11.1. The first-order chi connectivity index (χ1) is 6.15. The van der Waals surface area contributed by atoms with Crippen LogP contribution in [-0.4, -0.2) is 29.3 Å². The zero-order valence-corrected chi connectivity index (χ0v) is 8.06. The maximum atomic E-state index is 9.69. The van der Waals surface area contributed by atoms with Crippen molar-refractivity contribution in [3.63, 3.8) is 0 Å². The van der Waals surface area contributed by atoms with Gasteiger partial charge in [0.15, 0.2) is 6.23 Å². The predicted octanol–water partition coefficient (Wildman–Crippen LogP) is 0.874. The van der Waals surface area contributed by atoms with Gasteiger partial charge in [-0.05, 0) is 19.1 Å². The molecule has 0 aliphatic carbocycles. The monoisotopic (exact) mass is 182 g/mol. The normalized spacial score (nSPS) is 13.3. The molecule has 0 radical (unpaired) electrons. The van der Waals surface area contributed by atoms with E-state index in [1.54, 1.807) is 19.3 Å². The minimum absolute atomic E-state index is 0.744. The highest BCUT2D eigenvalue weighted by Crippen LogP contribution is 2.15. The van der Waals surface area contributed by atoms with E-state index in [2.05, 4.69) is 4.98 Å². The fourth-order valence-electron chi connectivity index (χ4n) is 1.04. The smallest absolute Gasteiger partial charge is 0.155 e. The van der Waals surface area contributed by atoms with E-state index in [1.807, 2.05) is 13.0 Å². The lowest BCUT2D eigenvalue weighted by Gasteiger charge is -2.20. The van der Waals surface area contributed by atoms with Crippen molar-refractivity contribution in [2.75, 3.05) is 14.2 Å². The van der Waals surface area contributed by atoms with Gasteiger partial charge in [0.2, 0.25) is 0 Å². The number of pyridine rings is 1. The van der Waals surface area contributed by atoms with E-state index in [1.165, 1.54) is 12.2 Å². The molecule has 0 aliphatic heterocycles. The Morgan fingerprint density at radius 3 is 2.85 bits per heavy atom. The first-order valence-corrected chi connectivity index (χ1v) is 4.02. The van der Waals surface area contributed by atoms with E-state index < -0.39 is 6.23 Å².